The number of halogens is 1. The fraction of sp³-hybridized carbons (Fsp3) is 1.00. The van der Waals surface area contributed by atoms with Crippen LogP contribution in [-0.4, -0.2) is 17.1 Å². The van der Waals surface area contributed by atoms with Crippen molar-refractivity contribution in [2.45, 2.75) is 26.4 Å². The maximum atomic E-state index is 8.90. The van der Waals surface area contributed by atoms with Gasteiger partial charge in [-0.05, 0) is 12.3 Å². The second-order valence-corrected chi connectivity index (χ2v) is 2.75. The molecule has 1 N–H and O–H groups in total. The highest BCUT2D eigenvalue weighted by atomic mass is 35.5. The van der Waals surface area contributed by atoms with E-state index in [2.05, 4.69) is 13.8 Å². The van der Waals surface area contributed by atoms with Crippen molar-refractivity contribution in [3.05, 3.63) is 0 Å². The molecule has 0 amide bonds. The van der Waals surface area contributed by atoms with E-state index in [0.29, 0.717) is 11.8 Å². The normalized spacial score (nSPS) is 14.6. The number of rotatable bonds is 3. The Kier molecular flexibility index (Phi) is 4.29. The molecular weight excluding hydrogens is 124 g/mol. The van der Waals surface area contributed by atoms with Crippen LogP contribution in [-0.2, 0) is 0 Å². The van der Waals surface area contributed by atoms with Crippen molar-refractivity contribution in [1.82, 2.24) is 0 Å². The maximum Gasteiger partial charge on any atom is 0.0677 e. The zero-order valence-corrected chi connectivity index (χ0v) is 6.15. The van der Waals surface area contributed by atoms with E-state index in [1.807, 2.05) is 0 Å². The topological polar surface area (TPSA) is 20.2 Å². The van der Waals surface area contributed by atoms with E-state index in [9.17, 15) is 0 Å². The van der Waals surface area contributed by atoms with E-state index in [1.54, 1.807) is 0 Å². The van der Waals surface area contributed by atoms with E-state index >= 15 is 0 Å². The molecule has 0 aliphatic carbocycles. The lowest BCUT2D eigenvalue weighted by Crippen LogP contribution is -2.10. The van der Waals surface area contributed by atoms with Gasteiger partial charge in [-0.2, -0.15) is 0 Å². The lowest BCUT2D eigenvalue weighted by molar-refractivity contribution is 0.171. The van der Waals surface area contributed by atoms with Crippen molar-refractivity contribution in [3.63, 3.8) is 0 Å². The van der Waals surface area contributed by atoms with Crippen LogP contribution in [0, 0.1) is 5.92 Å². The molecule has 0 aromatic heterocycles. The molecule has 0 heterocycles. The van der Waals surface area contributed by atoms with Gasteiger partial charge < -0.3 is 5.11 Å². The molecule has 0 rings (SSSR count). The first-order chi connectivity index (χ1) is 3.66. The van der Waals surface area contributed by atoms with E-state index in [4.69, 9.17) is 16.7 Å². The van der Waals surface area contributed by atoms with Crippen LogP contribution in [0.5, 0.6) is 0 Å². The van der Waals surface area contributed by atoms with Crippen LogP contribution >= 0.6 is 11.6 Å². The average molecular weight is 137 g/mol. The molecule has 8 heavy (non-hydrogen) atoms. The highest BCUT2D eigenvalue weighted by molar-refractivity contribution is 6.18. The third-order valence-corrected chi connectivity index (χ3v) is 1.28. The van der Waals surface area contributed by atoms with Gasteiger partial charge in [-0.3, -0.25) is 0 Å². The molecule has 50 valence electrons. The summed E-state index contributed by atoms with van der Waals surface area (Å²) >= 11 is 5.35. The van der Waals surface area contributed by atoms with Gasteiger partial charge in [0, 0.05) is 5.88 Å². The van der Waals surface area contributed by atoms with Crippen LogP contribution in [0.3, 0.4) is 0 Å². The maximum absolute atomic E-state index is 8.90. The Bertz CT molecular complexity index is 54.5. The Morgan fingerprint density at radius 2 is 2.00 bits per heavy atom. The second kappa shape index (κ2) is 4.16. The summed E-state index contributed by atoms with van der Waals surface area (Å²) in [6.07, 6.45) is 0.500. The highest BCUT2D eigenvalue weighted by Crippen LogP contribution is 2.04. The lowest BCUT2D eigenvalue weighted by Gasteiger charge is -2.07. The molecule has 0 bridgehead atoms. The highest BCUT2D eigenvalue weighted by Gasteiger charge is 2.03. The summed E-state index contributed by atoms with van der Waals surface area (Å²) < 4.78 is 0. The van der Waals surface area contributed by atoms with Crippen LogP contribution < -0.4 is 0 Å². The van der Waals surface area contributed by atoms with Crippen LogP contribution in [0.4, 0.5) is 0 Å². The molecule has 1 unspecified atom stereocenters. The molecule has 1 atom stereocenters. The molecule has 0 saturated carbocycles. The summed E-state index contributed by atoms with van der Waals surface area (Å²) in [5.41, 5.74) is 0. The fourth-order valence-electron chi connectivity index (χ4n) is 0.607. The Morgan fingerprint density at radius 1 is 1.50 bits per heavy atom. The second-order valence-electron chi connectivity index (χ2n) is 2.44. The molecular formula is C6H13ClO. The monoisotopic (exact) mass is 136 g/mol. The van der Waals surface area contributed by atoms with E-state index < -0.39 is 0 Å². The third-order valence-electron chi connectivity index (χ3n) is 0.922. The average Bonchev–Trinajstić information content (AvgIpc) is 1.65. The molecule has 0 saturated heterocycles. The van der Waals surface area contributed by atoms with Gasteiger partial charge in [-0.25, -0.2) is 0 Å². The molecule has 0 spiro atoms. The number of aliphatic hydroxyl groups is 1. The molecule has 0 aromatic carbocycles. The molecule has 0 aliphatic heterocycles. The largest absolute Gasteiger partial charge is 0.392 e. The summed E-state index contributed by atoms with van der Waals surface area (Å²) in [6, 6.07) is 0. The molecule has 0 aliphatic rings. The zero-order chi connectivity index (χ0) is 6.57. The minimum Gasteiger partial charge on any atom is -0.392 e. The van der Waals surface area contributed by atoms with E-state index in [-0.39, 0.29) is 6.10 Å². The predicted octanol–water partition coefficient (Wildman–Crippen LogP) is 1.63. The number of alkyl halides is 1. The van der Waals surface area contributed by atoms with Crippen molar-refractivity contribution < 1.29 is 5.11 Å². The summed E-state index contributed by atoms with van der Waals surface area (Å²) in [7, 11) is 0. The van der Waals surface area contributed by atoms with Crippen molar-refractivity contribution >= 4 is 11.6 Å². The Morgan fingerprint density at radius 3 is 2.12 bits per heavy atom. The summed E-state index contributed by atoms with van der Waals surface area (Å²) in [5.74, 6) is 0.904. The standard InChI is InChI=1S/C6H13ClO/c1-5(2)3-6(8)4-7/h5-6,8H,3-4H2,1-2H3. The van der Waals surface area contributed by atoms with Gasteiger partial charge in [0.25, 0.3) is 0 Å². The van der Waals surface area contributed by atoms with Gasteiger partial charge >= 0.3 is 0 Å². The number of hydrogen-bond donors (Lipinski definition) is 1. The minimum absolute atomic E-state index is 0.309. The molecule has 0 aromatic rings. The van der Waals surface area contributed by atoms with Crippen molar-refractivity contribution in [3.8, 4) is 0 Å². The summed E-state index contributed by atoms with van der Waals surface area (Å²) in [4.78, 5) is 0. The van der Waals surface area contributed by atoms with Gasteiger partial charge in [-0.15, -0.1) is 11.6 Å². The van der Waals surface area contributed by atoms with Gasteiger partial charge in [0.2, 0.25) is 0 Å². The van der Waals surface area contributed by atoms with Crippen LogP contribution in [0.1, 0.15) is 20.3 Å². The molecule has 2 heteroatoms. The quantitative estimate of drug-likeness (QED) is 0.585. The van der Waals surface area contributed by atoms with Gasteiger partial charge in [0.1, 0.15) is 0 Å². The first kappa shape index (κ1) is 8.25. The van der Waals surface area contributed by atoms with Crippen LogP contribution in [0.15, 0.2) is 0 Å². The van der Waals surface area contributed by atoms with Crippen LogP contribution in [0.25, 0.3) is 0 Å². The first-order valence-corrected chi connectivity index (χ1v) is 3.44. The third kappa shape index (κ3) is 4.41. The minimum atomic E-state index is -0.309. The SMILES string of the molecule is CC(C)CC(O)CCl. The predicted molar refractivity (Wildman–Crippen MR) is 36.2 cm³/mol. The Labute approximate surface area is 55.7 Å². The van der Waals surface area contributed by atoms with Crippen molar-refractivity contribution in [2.24, 2.45) is 5.92 Å². The molecule has 0 fully saturated rings. The Hall–Kier alpha value is 0.250. The van der Waals surface area contributed by atoms with E-state index in [1.165, 1.54) is 0 Å². The molecule has 0 radical (unpaired) electrons. The Balaban J connectivity index is 3.10. The van der Waals surface area contributed by atoms with Crippen molar-refractivity contribution in [1.29, 1.82) is 0 Å². The van der Waals surface area contributed by atoms with Crippen molar-refractivity contribution in [2.75, 3.05) is 5.88 Å². The first-order valence-electron chi connectivity index (χ1n) is 2.90. The number of hydrogen-bond acceptors (Lipinski definition) is 1. The summed E-state index contributed by atoms with van der Waals surface area (Å²) in [6.45, 7) is 4.13. The van der Waals surface area contributed by atoms with Gasteiger partial charge in [0.15, 0.2) is 0 Å². The van der Waals surface area contributed by atoms with Gasteiger partial charge in [-0.1, -0.05) is 13.8 Å². The zero-order valence-electron chi connectivity index (χ0n) is 5.39. The molecule has 1 nitrogen and oxygen atoms in total. The van der Waals surface area contributed by atoms with Gasteiger partial charge in [0.05, 0.1) is 6.10 Å². The smallest absolute Gasteiger partial charge is 0.0677 e. The lowest BCUT2D eigenvalue weighted by atomic mass is 10.1. The fourth-order valence-corrected chi connectivity index (χ4v) is 0.733. The van der Waals surface area contributed by atoms with Crippen LogP contribution in [0.2, 0.25) is 0 Å². The summed E-state index contributed by atoms with van der Waals surface area (Å²) in [5, 5.41) is 8.90. The number of aliphatic hydroxyl groups excluding tert-OH is 1. The van der Waals surface area contributed by atoms with E-state index in [0.717, 1.165) is 6.42 Å².